The number of fused-ring (bicyclic) bond motifs is 1. The van der Waals surface area contributed by atoms with E-state index in [2.05, 4.69) is 25.1 Å². The van der Waals surface area contributed by atoms with Gasteiger partial charge in [0.1, 0.15) is 6.07 Å². The minimum atomic E-state index is 0.788. The second-order valence-electron chi connectivity index (χ2n) is 3.57. The van der Waals surface area contributed by atoms with Crippen LogP contribution in [0.3, 0.4) is 0 Å². The molecule has 1 aromatic carbocycles. The highest BCUT2D eigenvalue weighted by molar-refractivity contribution is 7.98. The van der Waals surface area contributed by atoms with Gasteiger partial charge < -0.3 is 4.57 Å². The summed E-state index contributed by atoms with van der Waals surface area (Å²) in [6, 6.07) is 6.46. The maximum absolute atomic E-state index is 9.20. The van der Waals surface area contributed by atoms with Crippen LogP contribution < -0.4 is 0 Å². The van der Waals surface area contributed by atoms with Crippen molar-refractivity contribution in [2.75, 3.05) is 6.26 Å². The van der Waals surface area contributed by atoms with E-state index in [0.29, 0.717) is 0 Å². The van der Waals surface area contributed by atoms with Gasteiger partial charge in [0.2, 0.25) is 0 Å². The highest BCUT2D eigenvalue weighted by atomic mass is 32.2. The van der Waals surface area contributed by atoms with Gasteiger partial charge in [-0.15, -0.1) is 11.8 Å². The first kappa shape index (κ1) is 10.1. The van der Waals surface area contributed by atoms with Crippen molar-refractivity contribution in [3.8, 4) is 6.07 Å². The van der Waals surface area contributed by atoms with E-state index in [9.17, 15) is 5.26 Å². The molecule has 0 aliphatic heterocycles. The van der Waals surface area contributed by atoms with Crippen LogP contribution in [0.2, 0.25) is 0 Å². The second kappa shape index (κ2) is 3.63. The molecular weight excluding hydrogens is 204 g/mol. The molecular formula is C12H12N2S. The molecule has 0 aliphatic carbocycles. The molecule has 0 saturated heterocycles. The van der Waals surface area contributed by atoms with Crippen LogP contribution in [0.4, 0.5) is 0 Å². The molecule has 0 atom stereocenters. The molecule has 1 aromatic heterocycles. The number of nitriles is 1. The standard InChI is InChI=1S/C12H12N2S/c1-8-6-11(15-3)10(7-13)12-9(8)4-5-14(12)2/h4-6H,1-3H3. The van der Waals surface area contributed by atoms with E-state index in [4.69, 9.17) is 0 Å². The summed E-state index contributed by atoms with van der Waals surface area (Å²) in [5.74, 6) is 0. The quantitative estimate of drug-likeness (QED) is 0.685. The Hall–Kier alpha value is -1.40. The van der Waals surface area contributed by atoms with E-state index in [1.54, 1.807) is 11.8 Å². The number of hydrogen-bond acceptors (Lipinski definition) is 2. The highest BCUT2D eigenvalue weighted by Crippen LogP contribution is 2.30. The fraction of sp³-hybridized carbons (Fsp3) is 0.250. The molecule has 0 N–H and O–H groups in total. The van der Waals surface area contributed by atoms with Crippen LogP contribution in [0.15, 0.2) is 23.2 Å². The van der Waals surface area contributed by atoms with Crippen LogP contribution in [-0.2, 0) is 7.05 Å². The molecule has 0 unspecified atom stereocenters. The van der Waals surface area contributed by atoms with Gasteiger partial charge in [-0.1, -0.05) is 0 Å². The molecule has 0 aliphatic rings. The summed E-state index contributed by atoms with van der Waals surface area (Å²) in [7, 11) is 1.98. The molecule has 0 saturated carbocycles. The fourth-order valence-corrected chi connectivity index (χ4v) is 2.53. The molecule has 2 nitrogen and oxygen atoms in total. The van der Waals surface area contributed by atoms with E-state index < -0.39 is 0 Å². The van der Waals surface area contributed by atoms with E-state index in [-0.39, 0.29) is 0 Å². The van der Waals surface area contributed by atoms with Crippen molar-refractivity contribution in [3.05, 3.63) is 29.5 Å². The van der Waals surface area contributed by atoms with Gasteiger partial charge in [-0.05, 0) is 30.9 Å². The van der Waals surface area contributed by atoms with E-state index in [0.717, 1.165) is 16.0 Å². The van der Waals surface area contributed by atoms with Crippen LogP contribution in [0, 0.1) is 18.3 Å². The summed E-state index contributed by atoms with van der Waals surface area (Å²) in [5, 5.41) is 10.4. The Morgan fingerprint density at radius 2 is 2.20 bits per heavy atom. The normalized spacial score (nSPS) is 10.5. The number of aromatic nitrogens is 1. The number of rotatable bonds is 1. The molecule has 0 radical (unpaired) electrons. The van der Waals surface area contributed by atoms with E-state index >= 15 is 0 Å². The maximum Gasteiger partial charge on any atom is 0.103 e. The van der Waals surface area contributed by atoms with E-state index in [1.165, 1.54) is 10.9 Å². The molecule has 1 heterocycles. The SMILES string of the molecule is CSc1cc(C)c2ccn(C)c2c1C#N. The van der Waals surface area contributed by atoms with Crippen molar-refractivity contribution in [3.63, 3.8) is 0 Å². The Morgan fingerprint density at radius 3 is 2.80 bits per heavy atom. The van der Waals surface area contributed by atoms with Crippen LogP contribution in [0.25, 0.3) is 10.9 Å². The van der Waals surface area contributed by atoms with Crippen LogP contribution in [0.1, 0.15) is 11.1 Å². The lowest BCUT2D eigenvalue weighted by molar-refractivity contribution is 0.964. The smallest absolute Gasteiger partial charge is 0.103 e. The topological polar surface area (TPSA) is 28.7 Å². The largest absolute Gasteiger partial charge is 0.349 e. The number of nitrogens with zero attached hydrogens (tertiary/aromatic N) is 2. The van der Waals surface area contributed by atoms with Crippen molar-refractivity contribution in [2.45, 2.75) is 11.8 Å². The van der Waals surface area contributed by atoms with Gasteiger partial charge in [-0.25, -0.2) is 0 Å². The third-order valence-corrected chi connectivity index (χ3v) is 3.42. The Balaban J connectivity index is 2.97. The lowest BCUT2D eigenvalue weighted by Gasteiger charge is -2.07. The van der Waals surface area contributed by atoms with Crippen molar-refractivity contribution < 1.29 is 0 Å². The number of hydrogen-bond donors (Lipinski definition) is 0. The lowest BCUT2D eigenvalue weighted by Crippen LogP contribution is -1.92. The van der Waals surface area contributed by atoms with E-state index in [1.807, 2.05) is 24.1 Å². The minimum Gasteiger partial charge on any atom is -0.349 e. The summed E-state index contributed by atoms with van der Waals surface area (Å²) in [4.78, 5) is 1.06. The van der Waals surface area contributed by atoms with Crippen LogP contribution in [-0.4, -0.2) is 10.8 Å². The molecule has 0 amide bonds. The summed E-state index contributed by atoms with van der Waals surface area (Å²) in [6.07, 6.45) is 4.01. The van der Waals surface area contributed by atoms with Crippen LogP contribution >= 0.6 is 11.8 Å². The van der Waals surface area contributed by atoms with Gasteiger partial charge in [0.15, 0.2) is 0 Å². The Kier molecular flexibility index (Phi) is 2.45. The first-order valence-corrected chi connectivity index (χ1v) is 5.94. The Bertz CT molecular complexity index is 561. The first-order chi connectivity index (χ1) is 7.19. The number of benzene rings is 1. The molecule has 15 heavy (non-hydrogen) atoms. The van der Waals surface area contributed by atoms with Gasteiger partial charge in [0.25, 0.3) is 0 Å². The minimum absolute atomic E-state index is 0.788. The predicted octanol–water partition coefficient (Wildman–Crippen LogP) is 3.08. The second-order valence-corrected chi connectivity index (χ2v) is 4.42. The van der Waals surface area contributed by atoms with Crippen molar-refractivity contribution in [1.82, 2.24) is 4.57 Å². The van der Waals surface area contributed by atoms with Crippen molar-refractivity contribution in [1.29, 1.82) is 5.26 Å². The monoisotopic (exact) mass is 216 g/mol. The zero-order chi connectivity index (χ0) is 11.0. The average Bonchev–Trinajstić information content (AvgIpc) is 2.61. The molecule has 3 heteroatoms. The molecule has 2 rings (SSSR count). The zero-order valence-corrected chi connectivity index (χ0v) is 9.85. The molecule has 2 aromatic rings. The van der Waals surface area contributed by atoms with Gasteiger partial charge >= 0.3 is 0 Å². The van der Waals surface area contributed by atoms with Crippen molar-refractivity contribution >= 4 is 22.7 Å². The summed E-state index contributed by atoms with van der Waals surface area (Å²) in [6.45, 7) is 2.09. The fourth-order valence-electron chi connectivity index (χ4n) is 1.89. The van der Waals surface area contributed by atoms with Gasteiger partial charge in [0, 0.05) is 23.5 Å². The maximum atomic E-state index is 9.20. The summed E-state index contributed by atoms with van der Waals surface area (Å²) in [5.41, 5.74) is 3.06. The van der Waals surface area contributed by atoms with Crippen LogP contribution in [0.5, 0.6) is 0 Å². The highest BCUT2D eigenvalue weighted by Gasteiger charge is 2.11. The number of thioether (sulfide) groups is 1. The van der Waals surface area contributed by atoms with Crippen molar-refractivity contribution in [2.24, 2.45) is 7.05 Å². The zero-order valence-electron chi connectivity index (χ0n) is 9.03. The third-order valence-electron chi connectivity index (χ3n) is 2.66. The number of aryl methyl sites for hydroxylation is 2. The molecule has 0 fully saturated rings. The Labute approximate surface area is 93.5 Å². The average molecular weight is 216 g/mol. The van der Waals surface area contributed by atoms with Gasteiger partial charge in [0.05, 0.1) is 11.1 Å². The summed E-state index contributed by atoms with van der Waals surface area (Å²) < 4.78 is 2.01. The first-order valence-electron chi connectivity index (χ1n) is 4.71. The lowest BCUT2D eigenvalue weighted by atomic mass is 10.1. The van der Waals surface area contributed by atoms with Gasteiger partial charge in [-0.2, -0.15) is 5.26 Å². The summed E-state index contributed by atoms with van der Waals surface area (Å²) >= 11 is 1.63. The van der Waals surface area contributed by atoms with Gasteiger partial charge in [-0.3, -0.25) is 0 Å². The molecule has 0 bridgehead atoms. The third kappa shape index (κ3) is 1.42. The predicted molar refractivity (Wildman–Crippen MR) is 64.2 cm³/mol. The molecule has 76 valence electrons. The molecule has 0 spiro atoms. The Morgan fingerprint density at radius 1 is 1.47 bits per heavy atom.